The fourth-order valence-corrected chi connectivity index (χ4v) is 4.26. The molecule has 1 aromatic carbocycles. The average molecular weight is 433 g/mol. The standard InChI is InChI=1S/C19H23N5O5S/c1-11(2)13-9-16-15(18(25)24(19(26)21-16)22-30(3,27)28)8-14(13)17-4-6-20-23(17)12-5-7-29-10-12/h4,6,8-9,11-12,22H,5,7,10H2,1-3H3,(H,21,26). The van der Waals surface area contributed by atoms with E-state index >= 15 is 0 Å². The van der Waals surface area contributed by atoms with Gasteiger partial charge in [0.2, 0.25) is 10.0 Å². The Kier molecular flexibility index (Phi) is 5.02. The van der Waals surface area contributed by atoms with Gasteiger partial charge in [-0.05, 0) is 36.1 Å². The highest BCUT2D eigenvalue weighted by molar-refractivity contribution is 7.91. The van der Waals surface area contributed by atoms with Crippen LogP contribution in [-0.2, 0) is 14.8 Å². The number of nitrogens with zero attached hydrogens (tertiary/aromatic N) is 3. The van der Waals surface area contributed by atoms with E-state index in [1.165, 1.54) is 0 Å². The number of fused-ring (bicyclic) bond motifs is 1. The first kappa shape index (κ1) is 20.4. The van der Waals surface area contributed by atoms with Crippen LogP contribution in [0, 0.1) is 0 Å². The second-order valence-electron chi connectivity index (χ2n) is 7.75. The highest BCUT2D eigenvalue weighted by atomic mass is 32.2. The number of H-pyrrole nitrogens is 1. The van der Waals surface area contributed by atoms with Gasteiger partial charge in [0.1, 0.15) is 0 Å². The zero-order chi connectivity index (χ0) is 21.6. The number of ether oxygens (including phenoxy) is 1. The van der Waals surface area contributed by atoms with Crippen LogP contribution in [0.4, 0.5) is 0 Å². The molecular formula is C19H23N5O5S. The fraction of sp³-hybridized carbons (Fsp3) is 0.421. The summed E-state index contributed by atoms with van der Waals surface area (Å²) in [6, 6.07) is 5.44. The number of aromatic nitrogens is 4. The van der Waals surface area contributed by atoms with Gasteiger partial charge in [0.25, 0.3) is 5.56 Å². The molecule has 1 atom stereocenters. The number of aromatic amines is 1. The summed E-state index contributed by atoms with van der Waals surface area (Å²) in [6.07, 6.45) is 3.43. The van der Waals surface area contributed by atoms with Crippen LogP contribution in [0.15, 0.2) is 34.0 Å². The first-order chi connectivity index (χ1) is 14.2. The maximum atomic E-state index is 12.9. The number of nitrogens with one attached hydrogen (secondary N) is 2. The van der Waals surface area contributed by atoms with Gasteiger partial charge in [0.15, 0.2) is 0 Å². The molecule has 11 heteroatoms. The molecule has 1 fully saturated rings. The topological polar surface area (TPSA) is 128 Å². The maximum absolute atomic E-state index is 12.9. The minimum atomic E-state index is -3.82. The quantitative estimate of drug-likeness (QED) is 0.621. The Morgan fingerprint density at radius 3 is 2.70 bits per heavy atom. The van der Waals surface area contributed by atoms with E-state index in [9.17, 15) is 18.0 Å². The van der Waals surface area contributed by atoms with E-state index < -0.39 is 21.3 Å². The van der Waals surface area contributed by atoms with E-state index in [-0.39, 0.29) is 17.3 Å². The molecule has 1 aliphatic rings. The molecule has 30 heavy (non-hydrogen) atoms. The molecule has 0 spiro atoms. The third kappa shape index (κ3) is 3.65. The van der Waals surface area contributed by atoms with Crippen LogP contribution in [0.25, 0.3) is 22.2 Å². The van der Waals surface area contributed by atoms with Crippen molar-refractivity contribution in [3.8, 4) is 11.3 Å². The first-order valence-electron chi connectivity index (χ1n) is 9.58. The normalized spacial score (nSPS) is 17.1. The van der Waals surface area contributed by atoms with Crippen molar-refractivity contribution in [2.45, 2.75) is 32.2 Å². The van der Waals surface area contributed by atoms with Crippen molar-refractivity contribution >= 4 is 20.9 Å². The third-order valence-electron chi connectivity index (χ3n) is 5.14. The van der Waals surface area contributed by atoms with Gasteiger partial charge in [-0.15, -0.1) is 0 Å². The molecule has 0 aliphatic carbocycles. The van der Waals surface area contributed by atoms with Gasteiger partial charge in [-0.2, -0.15) is 9.77 Å². The molecule has 0 bridgehead atoms. The largest absolute Gasteiger partial charge is 0.379 e. The summed E-state index contributed by atoms with van der Waals surface area (Å²) in [4.78, 5) is 29.8. The Hall–Kier alpha value is -2.92. The molecule has 4 rings (SSSR count). The third-order valence-corrected chi connectivity index (χ3v) is 5.66. The molecular weight excluding hydrogens is 410 g/mol. The second kappa shape index (κ2) is 7.40. The average Bonchev–Trinajstić information content (AvgIpc) is 3.34. The molecule has 3 heterocycles. The Bertz CT molecular complexity index is 1330. The number of benzene rings is 1. The van der Waals surface area contributed by atoms with E-state index in [1.807, 2.05) is 29.4 Å². The second-order valence-corrected chi connectivity index (χ2v) is 9.48. The summed E-state index contributed by atoms with van der Waals surface area (Å²) in [5.41, 5.74) is 1.33. The molecule has 1 unspecified atom stereocenters. The lowest BCUT2D eigenvalue weighted by Crippen LogP contribution is -2.43. The minimum Gasteiger partial charge on any atom is -0.379 e. The van der Waals surface area contributed by atoms with E-state index in [2.05, 4.69) is 10.1 Å². The van der Waals surface area contributed by atoms with Crippen LogP contribution in [0.3, 0.4) is 0 Å². The first-order valence-corrected chi connectivity index (χ1v) is 11.5. The van der Waals surface area contributed by atoms with E-state index in [1.54, 1.807) is 18.3 Å². The highest BCUT2D eigenvalue weighted by Gasteiger charge is 2.23. The predicted octanol–water partition coefficient (Wildman–Crippen LogP) is 1.14. The Labute approximate surface area is 172 Å². The maximum Gasteiger partial charge on any atom is 0.348 e. The summed E-state index contributed by atoms with van der Waals surface area (Å²) in [5, 5.41) is 4.66. The van der Waals surface area contributed by atoms with E-state index in [0.29, 0.717) is 23.4 Å². The van der Waals surface area contributed by atoms with Crippen LogP contribution in [-0.4, -0.2) is 47.3 Å². The molecule has 1 aliphatic heterocycles. The Morgan fingerprint density at radius 1 is 1.30 bits per heavy atom. The minimum absolute atomic E-state index is 0.102. The molecule has 2 N–H and O–H groups in total. The van der Waals surface area contributed by atoms with Crippen LogP contribution in [0.2, 0.25) is 0 Å². The SMILES string of the molecule is CC(C)c1cc2[nH]c(=O)n(NS(C)(=O)=O)c(=O)c2cc1-c1ccnn1C1CCOC1. The zero-order valence-corrected chi connectivity index (χ0v) is 17.7. The molecule has 160 valence electrons. The van der Waals surface area contributed by atoms with Gasteiger partial charge in [0.05, 0.1) is 35.5 Å². The van der Waals surface area contributed by atoms with Crippen molar-refractivity contribution in [2.24, 2.45) is 0 Å². The van der Waals surface area contributed by atoms with Crippen molar-refractivity contribution in [3.63, 3.8) is 0 Å². The highest BCUT2D eigenvalue weighted by Crippen LogP contribution is 2.34. The van der Waals surface area contributed by atoms with Crippen LogP contribution in [0.5, 0.6) is 0 Å². The summed E-state index contributed by atoms with van der Waals surface area (Å²) in [6.45, 7) is 5.28. The number of hydrogen-bond acceptors (Lipinski definition) is 6. The van der Waals surface area contributed by atoms with Gasteiger partial charge >= 0.3 is 5.69 Å². The molecule has 0 amide bonds. The molecule has 3 aromatic rings. The Morgan fingerprint density at radius 2 is 2.07 bits per heavy atom. The van der Waals surface area contributed by atoms with E-state index in [4.69, 9.17) is 4.74 Å². The van der Waals surface area contributed by atoms with Crippen LogP contribution < -0.4 is 16.1 Å². The Balaban J connectivity index is 1.98. The molecule has 1 saturated heterocycles. The smallest absolute Gasteiger partial charge is 0.348 e. The van der Waals surface area contributed by atoms with Gasteiger partial charge in [-0.25, -0.2) is 18.0 Å². The summed E-state index contributed by atoms with van der Waals surface area (Å²) < 4.78 is 31.0. The van der Waals surface area contributed by atoms with Crippen molar-refractivity contribution in [2.75, 3.05) is 24.3 Å². The lowest BCUT2D eigenvalue weighted by atomic mass is 9.93. The van der Waals surface area contributed by atoms with Gasteiger partial charge in [-0.1, -0.05) is 13.8 Å². The monoisotopic (exact) mass is 433 g/mol. The van der Waals surface area contributed by atoms with Crippen molar-refractivity contribution in [1.82, 2.24) is 19.4 Å². The van der Waals surface area contributed by atoms with Gasteiger partial charge < -0.3 is 9.72 Å². The number of hydrogen-bond donors (Lipinski definition) is 2. The zero-order valence-electron chi connectivity index (χ0n) is 16.9. The summed E-state index contributed by atoms with van der Waals surface area (Å²) >= 11 is 0. The number of rotatable bonds is 5. The molecule has 0 radical (unpaired) electrons. The predicted molar refractivity (Wildman–Crippen MR) is 113 cm³/mol. The fourth-order valence-electron chi connectivity index (χ4n) is 3.76. The van der Waals surface area contributed by atoms with E-state index in [0.717, 1.165) is 29.5 Å². The summed E-state index contributed by atoms with van der Waals surface area (Å²) in [5.74, 6) is 0.104. The molecule has 10 nitrogen and oxygen atoms in total. The van der Waals surface area contributed by atoms with Crippen LogP contribution in [0.1, 0.15) is 37.8 Å². The van der Waals surface area contributed by atoms with Crippen molar-refractivity contribution < 1.29 is 13.2 Å². The molecule has 0 saturated carbocycles. The van der Waals surface area contributed by atoms with Gasteiger partial charge in [0, 0.05) is 18.4 Å². The van der Waals surface area contributed by atoms with Crippen LogP contribution >= 0.6 is 0 Å². The molecule has 2 aromatic heterocycles. The lowest BCUT2D eigenvalue weighted by molar-refractivity contribution is 0.185. The lowest BCUT2D eigenvalue weighted by Gasteiger charge is -2.18. The van der Waals surface area contributed by atoms with Crippen molar-refractivity contribution in [3.05, 3.63) is 50.8 Å². The number of sulfonamides is 1. The van der Waals surface area contributed by atoms with Crippen molar-refractivity contribution in [1.29, 1.82) is 0 Å². The van der Waals surface area contributed by atoms with Gasteiger partial charge in [-0.3, -0.25) is 9.48 Å². The summed E-state index contributed by atoms with van der Waals surface area (Å²) in [7, 11) is -3.82.